The highest BCUT2D eigenvalue weighted by Crippen LogP contribution is 2.40. The van der Waals surface area contributed by atoms with Crippen molar-refractivity contribution >= 4 is 5.69 Å². The molecule has 1 heterocycles. The Kier molecular flexibility index (Phi) is 3.21. The molecular weight excluding hydrogens is 218 g/mol. The molecule has 0 bridgehead atoms. The van der Waals surface area contributed by atoms with Crippen LogP contribution in [0.4, 0.5) is 5.69 Å². The maximum absolute atomic E-state index is 3.55. The number of hydrogen-bond donors (Lipinski definition) is 1. The van der Waals surface area contributed by atoms with Gasteiger partial charge in [-0.3, -0.25) is 0 Å². The summed E-state index contributed by atoms with van der Waals surface area (Å²) in [6.45, 7) is 15.0. The number of rotatable bonds is 1. The molecule has 0 radical (unpaired) electrons. The van der Waals surface area contributed by atoms with E-state index in [2.05, 4.69) is 65.1 Å². The summed E-state index contributed by atoms with van der Waals surface area (Å²) in [6, 6.07) is 6.95. The first kappa shape index (κ1) is 13.5. The molecule has 1 unspecified atom stereocenters. The molecule has 2 rings (SSSR count). The zero-order valence-corrected chi connectivity index (χ0v) is 12.7. The molecule has 1 aliphatic heterocycles. The van der Waals surface area contributed by atoms with E-state index in [0.29, 0.717) is 11.3 Å². The van der Waals surface area contributed by atoms with Crippen molar-refractivity contribution in [2.24, 2.45) is 5.41 Å². The minimum atomic E-state index is 0.240. The van der Waals surface area contributed by atoms with Gasteiger partial charge in [-0.05, 0) is 34.4 Å². The number of anilines is 1. The van der Waals surface area contributed by atoms with Gasteiger partial charge in [0.2, 0.25) is 0 Å². The summed E-state index contributed by atoms with van der Waals surface area (Å²) >= 11 is 0. The molecular formula is C17H27N. The molecule has 0 aliphatic carbocycles. The lowest BCUT2D eigenvalue weighted by molar-refractivity contribution is 0.348. The first-order valence-electron chi connectivity index (χ1n) is 7.05. The molecule has 18 heavy (non-hydrogen) atoms. The predicted octanol–water partition coefficient (Wildman–Crippen LogP) is 4.93. The zero-order valence-electron chi connectivity index (χ0n) is 12.7. The van der Waals surface area contributed by atoms with Gasteiger partial charge in [-0.25, -0.2) is 0 Å². The maximum atomic E-state index is 3.55. The van der Waals surface area contributed by atoms with Crippen LogP contribution >= 0.6 is 0 Å². The Hall–Kier alpha value is -0.980. The lowest BCUT2D eigenvalue weighted by Crippen LogP contribution is -2.14. The summed E-state index contributed by atoms with van der Waals surface area (Å²) in [5.41, 5.74) is 4.95. The van der Waals surface area contributed by atoms with Crippen molar-refractivity contribution in [1.29, 1.82) is 0 Å². The zero-order chi connectivity index (χ0) is 13.6. The third kappa shape index (κ3) is 2.88. The Morgan fingerprint density at radius 1 is 1.11 bits per heavy atom. The van der Waals surface area contributed by atoms with Crippen molar-refractivity contribution in [3.8, 4) is 0 Å². The van der Waals surface area contributed by atoms with E-state index in [-0.39, 0.29) is 5.41 Å². The third-order valence-electron chi connectivity index (χ3n) is 3.76. The van der Waals surface area contributed by atoms with E-state index in [9.17, 15) is 0 Å². The molecule has 1 N–H and O–H groups in total. The van der Waals surface area contributed by atoms with Crippen LogP contribution in [0, 0.1) is 5.41 Å². The molecule has 0 spiro atoms. The Morgan fingerprint density at radius 3 is 2.33 bits per heavy atom. The molecule has 0 fully saturated rings. The van der Waals surface area contributed by atoms with Crippen molar-refractivity contribution in [1.82, 2.24) is 0 Å². The molecule has 1 aliphatic rings. The highest BCUT2D eigenvalue weighted by molar-refractivity contribution is 5.59. The highest BCUT2D eigenvalue weighted by atomic mass is 14.9. The van der Waals surface area contributed by atoms with Crippen LogP contribution < -0.4 is 5.32 Å². The first-order chi connectivity index (χ1) is 8.17. The molecule has 100 valence electrons. The SMILES string of the molecule is CC(C)(C)CC1CNc2ccc(C(C)(C)C)cc21. The molecule has 0 saturated carbocycles. The van der Waals surface area contributed by atoms with Gasteiger partial charge in [0, 0.05) is 18.2 Å². The van der Waals surface area contributed by atoms with Gasteiger partial charge in [0.15, 0.2) is 0 Å². The average Bonchev–Trinajstić information content (AvgIpc) is 2.57. The van der Waals surface area contributed by atoms with Gasteiger partial charge in [0.25, 0.3) is 0 Å². The Bertz CT molecular complexity index is 432. The fourth-order valence-corrected chi connectivity index (χ4v) is 2.79. The van der Waals surface area contributed by atoms with Crippen LogP contribution in [-0.4, -0.2) is 6.54 Å². The van der Waals surface area contributed by atoms with E-state index in [0.717, 1.165) is 6.54 Å². The van der Waals surface area contributed by atoms with E-state index in [1.54, 1.807) is 0 Å². The Balaban J connectivity index is 2.31. The predicted molar refractivity (Wildman–Crippen MR) is 80.4 cm³/mol. The van der Waals surface area contributed by atoms with Crippen molar-refractivity contribution in [3.63, 3.8) is 0 Å². The molecule has 0 amide bonds. The summed E-state index contributed by atoms with van der Waals surface area (Å²) in [6.07, 6.45) is 1.25. The monoisotopic (exact) mass is 245 g/mol. The summed E-state index contributed by atoms with van der Waals surface area (Å²) in [7, 11) is 0. The quantitative estimate of drug-likeness (QED) is 0.739. The van der Waals surface area contributed by atoms with Gasteiger partial charge in [-0.2, -0.15) is 0 Å². The second kappa shape index (κ2) is 4.29. The fourth-order valence-electron chi connectivity index (χ4n) is 2.79. The first-order valence-corrected chi connectivity index (χ1v) is 7.05. The van der Waals surface area contributed by atoms with Gasteiger partial charge in [-0.15, -0.1) is 0 Å². The molecule has 1 nitrogen and oxygen atoms in total. The lowest BCUT2D eigenvalue weighted by atomic mass is 9.80. The van der Waals surface area contributed by atoms with E-state index < -0.39 is 0 Å². The van der Waals surface area contributed by atoms with Crippen LogP contribution in [0.1, 0.15) is 65.0 Å². The van der Waals surface area contributed by atoms with E-state index in [4.69, 9.17) is 0 Å². The number of fused-ring (bicyclic) bond motifs is 1. The molecule has 1 aromatic carbocycles. The van der Waals surface area contributed by atoms with Crippen molar-refractivity contribution < 1.29 is 0 Å². The molecule has 1 heteroatoms. The number of benzene rings is 1. The minimum Gasteiger partial charge on any atom is -0.384 e. The van der Waals surface area contributed by atoms with Crippen LogP contribution in [0.15, 0.2) is 18.2 Å². The fraction of sp³-hybridized carbons (Fsp3) is 0.647. The molecule has 1 atom stereocenters. The highest BCUT2D eigenvalue weighted by Gasteiger charge is 2.28. The van der Waals surface area contributed by atoms with Crippen LogP contribution in [0.25, 0.3) is 0 Å². The average molecular weight is 245 g/mol. The van der Waals surface area contributed by atoms with Crippen molar-refractivity contribution in [3.05, 3.63) is 29.3 Å². The van der Waals surface area contributed by atoms with Gasteiger partial charge in [-0.1, -0.05) is 53.7 Å². The van der Waals surface area contributed by atoms with Crippen molar-refractivity contribution in [2.75, 3.05) is 11.9 Å². The van der Waals surface area contributed by atoms with E-state index in [1.807, 2.05) is 0 Å². The second-order valence-corrected chi connectivity index (χ2v) is 7.89. The smallest absolute Gasteiger partial charge is 0.0376 e. The number of hydrogen-bond acceptors (Lipinski definition) is 1. The van der Waals surface area contributed by atoms with Crippen LogP contribution in [0.3, 0.4) is 0 Å². The molecule has 1 aromatic rings. The van der Waals surface area contributed by atoms with Crippen LogP contribution in [0.5, 0.6) is 0 Å². The van der Waals surface area contributed by atoms with Crippen molar-refractivity contribution in [2.45, 2.75) is 59.3 Å². The topological polar surface area (TPSA) is 12.0 Å². The van der Waals surface area contributed by atoms with Crippen LogP contribution in [0.2, 0.25) is 0 Å². The standard InChI is InChI=1S/C17H27N/c1-16(2,3)10-12-11-18-15-8-7-13(9-14(12)15)17(4,5)6/h7-9,12,18H,10-11H2,1-6H3. The van der Waals surface area contributed by atoms with Gasteiger partial charge < -0.3 is 5.32 Å². The normalized spacial score (nSPS) is 19.6. The van der Waals surface area contributed by atoms with Crippen LogP contribution in [-0.2, 0) is 5.41 Å². The van der Waals surface area contributed by atoms with E-state index in [1.165, 1.54) is 23.2 Å². The van der Waals surface area contributed by atoms with Gasteiger partial charge in [0.05, 0.1) is 0 Å². The Morgan fingerprint density at radius 2 is 1.78 bits per heavy atom. The summed E-state index contributed by atoms with van der Waals surface area (Å²) in [5, 5.41) is 3.55. The minimum absolute atomic E-state index is 0.240. The lowest BCUT2D eigenvalue weighted by Gasteiger charge is -2.24. The van der Waals surface area contributed by atoms with Gasteiger partial charge >= 0.3 is 0 Å². The van der Waals surface area contributed by atoms with Gasteiger partial charge in [0.1, 0.15) is 0 Å². The summed E-state index contributed by atoms with van der Waals surface area (Å²) < 4.78 is 0. The van der Waals surface area contributed by atoms with E-state index >= 15 is 0 Å². The number of nitrogens with one attached hydrogen (secondary N) is 1. The molecule has 0 saturated heterocycles. The Labute approximate surface area is 112 Å². The summed E-state index contributed by atoms with van der Waals surface area (Å²) in [5.74, 6) is 0.669. The maximum Gasteiger partial charge on any atom is 0.0376 e. The molecule has 0 aromatic heterocycles. The second-order valence-electron chi connectivity index (χ2n) is 7.89. The summed E-state index contributed by atoms with van der Waals surface area (Å²) in [4.78, 5) is 0. The third-order valence-corrected chi connectivity index (χ3v) is 3.76. The largest absolute Gasteiger partial charge is 0.384 e.